The zero-order valence-corrected chi connectivity index (χ0v) is 38.6. The highest BCUT2D eigenvalue weighted by atomic mass is 16.7. The molecule has 0 aromatic heterocycles. The van der Waals surface area contributed by atoms with Crippen LogP contribution in [-0.2, 0) is 27.2 Å². The van der Waals surface area contributed by atoms with Crippen molar-refractivity contribution in [2.75, 3.05) is 0 Å². The molecule has 0 fully saturated rings. The number of aromatic carboxylic acids is 1. The number of Topliss-reactive ketones (excluding diaryl/α,β-unsaturated/α-hetero) is 2. The predicted octanol–water partition coefficient (Wildman–Crippen LogP) is 11.5. The summed E-state index contributed by atoms with van der Waals surface area (Å²) in [6.45, 7) is 19.9. The van der Waals surface area contributed by atoms with Crippen LogP contribution < -0.4 is 14.2 Å². The summed E-state index contributed by atoms with van der Waals surface area (Å²) < 4.78 is 24.6. The van der Waals surface area contributed by atoms with E-state index in [2.05, 4.69) is 74.0 Å². The molecule has 1 unspecified atom stereocenters. The van der Waals surface area contributed by atoms with Crippen LogP contribution in [0.1, 0.15) is 195 Å². The van der Waals surface area contributed by atoms with Gasteiger partial charge in [-0.2, -0.15) is 0 Å². The molecule has 62 heavy (non-hydrogen) atoms. The molecule has 7 rings (SSSR count). The zero-order chi connectivity index (χ0) is 45.7. The topological polar surface area (TPSA) is 146 Å². The average Bonchev–Trinajstić information content (AvgIpc) is 3.17. The van der Waals surface area contributed by atoms with E-state index in [9.17, 15) is 29.4 Å². The quantitative estimate of drug-likeness (QED) is 0.0736. The average molecular weight is 853 g/mol. The van der Waals surface area contributed by atoms with Gasteiger partial charge in [-0.05, 0) is 129 Å². The molecule has 0 spiro atoms. The summed E-state index contributed by atoms with van der Waals surface area (Å²) in [5, 5.41) is 20.7. The van der Waals surface area contributed by atoms with Crippen molar-refractivity contribution in [1.82, 2.24) is 0 Å². The van der Waals surface area contributed by atoms with Gasteiger partial charge >= 0.3 is 11.9 Å². The smallest absolute Gasteiger partial charge is 0.345 e. The number of benzene rings is 2. The molecule has 0 saturated heterocycles. The van der Waals surface area contributed by atoms with Crippen molar-refractivity contribution in [2.45, 2.75) is 182 Å². The fourth-order valence-electron chi connectivity index (χ4n) is 9.97. The van der Waals surface area contributed by atoms with Gasteiger partial charge in [-0.25, -0.2) is 9.59 Å². The normalized spacial score (nSPS) is 23.2. The van der Waals surface area contributed by atoms with Gasteiger partial charge in [0.2, 0.25) is 5.78 Å². The van der Waals surface area contributed by atoms with Crippen LogP contribution in [0.2, 0.25) is 0 Å². The molecule has 10 heteroatoms. The SMILES string of the molecule is C#CC(C)=O.CCCCCc1cc2c(c(O)c1C(=O)O)[C@@H]1C=C(C)CC[C@H]1C(C)(C)O2.CCCCCc1cc2c(c3c1C(=O)OC(CC(C)=O)O3)[C@@H]1C=C(C)CC[C@H]1C(C)(C)O2. The van der Waals surface area contributed by atoms with Crippen molar-refractivity contribution in [1.29, 1.82) is 0 Å². The Labute approximate surface area is 368 Å². The van der Waals surface area contributed by atoms with E-state index in [1.54, 1.807) is 0 Å². The van der Waals surface area contributed by atoms with Crippen molar-refractivity contribution in [3.63, 3.8) is 0 Å². The number of aryl methyl sites for hydroxylation is 2. The number of terminal acetylenes is 1. The van der Waals surface area contributed by atoms with Crippen LogP contribution in [0, 0.1) is 24.2 Å². The fraction of sp³-hybridized carbons (Fsp3) is 0.577. The van der Waals surface area contributed by atoms with Crippen LogP contribution in [0.3, 0.4) is 0 Å². The Morgan fingerprint density at radius 3 is 1.76 bits per heavy atom. The number of carbonyl (C=O) groups excluding carboxylic acids is 3. The van der Waals surface area contributed by atoms with Crippen LogP contribution in [0.15, 0.2) is 35.4 Å². The molecule has 5 atom stereocenters. The number of unbranched alkanes of at least 4 members (excludes halogenated alkanes) is 4. The molecule has 3 aliphatic heterocycles. The van der Waals surface area contributed by atoms with E-state index in [1.807, 2.05) is 18.1 Å². The highest BCUT2D eigenvalue weighted by Crippen LogP contribution is 2.57. The molecule has 2 aromatic carbocycles. The molecule has 5 aliphatic rings. The zero-order valence-electron chi connectivity index (χ0n) is 38.6. The molecule has 2 aliphatic carbocycles. The minimum absolute atomic E-state index is 0.00490. The van der Waals surface area contributed by atoms with Crippen molar-refractivity contribution in [3.05, 3.63) is 68.8 Å². The number of fused-ring (bicyclic) bond motifs is 8. The Bertz CT molecular complexity index is 2150. The maximum Gasteiger partial charge on any atom is 0.345 e. The van der Waals surface area contributed by atoms with Crippen LogP contribution in [0.4, 0.5) is 0 Å². The Balaban J connectivity index is 0.000000214. The Morgan fingerprint density at radius 1 is 0.790 bits per heavy atom. The number of hydrogen-bond donors (Lipinski definition) is 2. The molecule has 0 amide bonds. The minimum Gasteiger partial charge on any atom is -0.507 e. The summed E-state index contributed by atoms with van der Waals surface area (Å²) in [6, 6.07) is 3.90. The summed E-state index contributed by atoms with van der Waals surface area (Å²) in [4.78, 5) is 46.3. The van der Waals surface area contributed by atoms with Gasteiger partial charge in [0.25, 0.3) is 6.29 Å². The molecule has 0 bridgehead atoms. The van der Waals surface area contributed by atoms with Gasteiger partial charge in [0, 0.05) is 41.7 Å². The standard InChI is InChI=1S/C26H34O5.C22H30O4.C4H4O/c1-6-7-8-9-17-14-20-23(18-12-15(2)10-11-19(18)26(4,5)31-20)24-22(17)25(28)30-21(29-24)13-16(3)27;1-5-6-7-8-14-12-17-19(20(23)18(14)21(24)25)15-11-13(2)9-10-16(15)22(3,4)26-17;1-3-4(2)5/h12,14,18-19,21H,6-11,13H2,1-5H3;11-12,15-16,23H,5-10H2,1-4H3,(H,24,25);1H,2H3/t18-,19-,21?;15-,16-;/m11./s1. The van der Waals surface area contributed by atoms with E-state index in [0.29, 0.717) is 40.5 Å². The van der Waals surface area contributed by atoms with Crippen molar-refractivity contribution < 1.29 is 48.3 Å². The number of carboxylic acids is 1. The third-order valence-corrected chi connectivity index (χ3v) is 13.1. The molecule has 0 saturated carbocycles. The Hall–Kier alpha value is -5.04. The lowest BCUT2D eigenvalue weighted by atomic mass is 9.67. The van der Waals surface area contributed by atoms with Gasteiger partial charge in [0.15, 0.2) is 0 Å². The molecular weight excluding hydrogens is 785 g/mol. The number of carbonyl (C=O) groups is 4. The molecule has 0 radical (unpaired) electrons. The second-order valence-corrected chi connectivity index (χ2v) is 18.9. The third-order valence-electron chi connectivity index (χ3n) is 13.1. The van der Waals surface area contributed by atoms with E-state index >= 15 is 0 Å². The first-order valence-corrected chi connectivity index (χ1v) is 22.6. The fourth-order valence-corrected chi connectivity index (χ4v) is 9.97. The minimum atomic E-state index is -1.06. The first-order chi connectivity index (χ1) is 29.2. The lowest BCUT2D eigenvalue weighted by Gasteiger charge is -2.47. The second kappa shape index (κ2) is 20.0. The number of ether oxygens (including phenoxy) is 4. The van der Waals surface area contributed by atoms with E-state index in [4.69, 9.17) is 18.9 Å². The van der Waals surface area contributed by atoms with Gasteiger partial charge in [0.1, 0.15) is 51.1 Å². The number of carboxylic acid groups (broad SMARTS) is 1. The van der Waals surface area contributed by atoms with E-state index in [-0.39, 0.29) is 64.2 Å². The van der Waals surface area contributed by atoms with Gasteiger partial charge in [0.05, 0.1) is 6.42 Å². The van der Waals surface area contributed by atoms with Gasteiger partial charge in [-0.15, -0.1) is 6.42 Å². The Morgan fingerprint density at radius 2 is 1.27 bits per heavy atom. The van der Waals surface area contributed by atoms with E-state index < -0.39 is 12.3 Å². The van der Waals surface area contributed by atoms with E-state index in [1.165, 1.54) is 25.0 Å². The third kappa shape index (κ3) is 10.6. The summed E-state index contributed by atoms with van der Waals surface area (Å²) in [5.74, 6) is 2.73. The summed E-state index contributed by atoms with van der Waals surface area (Å²) in [6.07, 6.45) is 19.9. The highest BCUT2D eigenvalue weighted by molar-refractivity contribution is 5.97. The van der Waals surface area contributed by atoms with Crippen LogP contribution in [0.5, 0.6) is 23.0 Å². The molecule has 3 heterocycles. The van der Waals surface area contributed by atoms with Gasteiger partial charge < -0.3 is 29.2 Å². The van der Waals surface area contributed by atoms with Crippen molar-refractivity contribution in [2.24, 2.45) is 11.8 Å². The summed E-state index contributed by atoms with van der Waals surface area (Å²) in [5.41, 5.74) is 5.76. The first-order valence-electron chi connectivity index (χ1n) is 22.6. The van der Waals surface area contributed by atoms with Crippen LogP contribution >= 0.6 is 0 Å². The number of ketones is 2. The number of rotatable bonds is 11. The maximum absolute atomic E-state index is 13.1. The number of aromatic hydroxyl groups is 1. The Kier molecular flexibility index (Phi) is 15.5. The summed E-state index contributed by atoms with van der Waals surface area (Å²) in [7, 11) is 0. The lowest BCUT2D eigenvalue weighted by Crippen LogP contribution is -2.46. The maximum atomic E-state index is 13.1. The molecule has 2 N–H and O–H groups in total. The monoisotopic (exact) mass is 852 g/mol. The number of esters is 1. The number of hydrogen-bond acceptors (Lipinski definition) is 9. The molecular formula is C52H68O10. The first kappa shape index (κ1) is 48.0. The van der Waals surface area contributed by atoms with Gasteiger partial charge in [-0.1, -0.05) is 62.8 Å². The van der Waals surface area contributed by atoms with Crippen LogP contribution in [-0.4, -0.2) is 51.2 Å². The lowest BCUT2D eigenvalue weighted by molar-refractivity contribution is -0.125. The predicted molar refractivity (Wildman–Crippen MR) is 240 cm³/mol. The second-order valence-electron chi connectivity index (χ2n) is 18.9. The largest absolute Gasteiger partial charge is 0.507 e. The number of cyclic esters (lactones) is 1. The summed E-state index contributed by atoms with van der Waals surface area (Å²) >= 11 is 0. The highest BCUT2D eigenvalue weighted by Gasteiger charge is 2.49. The molecule has 336 valence electrons. The van der Waals surface area contributed by atoms with E-state index in [0.717, 1.165) is 87.5 Å². The van der Waals surface area contributed by atoms with Gasteiger partial charge in [-0.3, -0.25) is 9.59 Å². The van der Waals surface area contributed by atoms with Crippen molar-refractivity contribution in [3.8, 4) is 35.3 Å². The number of allylic oxidation sites excluding steroid dienone is 4. The molecule has 10 nitrogen and oxygen atoms in total. The number of phenols is 1. The molecule has 2 aromatic rings. The van der Waals surface area contributed by atoms with Crippen LogP contribution in [0.25, 0.3) is 0 Å². The van der Waals surface area contributed by atoms with Crippen molar-refractivity contribution >= 4 is 23.5 Å².